The molecule has 0 bridgehead atoms. The van der Waals surface area contributed by atoms with Crippen molar-refractivity contribution in [2.75, 3.05) is 31.0 Å². The molecule has 178 valence electrons. The molecule has 0 unspecified atom stereocenters. The molecule has 9 nitrogen and oxygen atoms in total. The molecule has 0 aromatic heterocycles. The zero-order valence-electron chi connectivity index (χ0n) is 18.7. The molecule has 3 amide bonds. The number of ether oxygens (including phenoxy) is 3. The van der Waals surface area contributed by atoms with E-state index in [4.69, 9.17) is 25.8 Å². The zero-order chi connectivity index (χ0) is 25.1. The van der Waals surface area contributed by atoms with Gasteiger partial charge in [0, 0.05) is 12.1 Å². The van der Waals surface area contributed by atoms with Crippen molar-refractivity contribution in [1.29, 1.82) is 0 Å². The van der Waals surface area contributed by atoms with E-state index >= 15 is 0 Å². The third-order valence-corrected chi connectivity index (χ3v) is 5.51. The lowest BCUT2D eigenvalue weighted by Crippen LogP contribution is -2.29. The van der Waals surface area contributed by atoms with Gasteiger partial charge in [0.2, 0.25) is 0 Å². The van der Waals surface area contributed by atoms with Gasteiger partial charge in [0.05, 0.1) is 47.3 Å². The number of nitrogens with one attached hydrogen (secondary N) is 1. The lowest BCUT2D eigenvalue weighted by molar-refractivity contribution is -0.119. The second-order valence-corrected chi connectivity index (χ2v) is 7.76. The van der Waals surface area contributed by atoms with Crippen molar-refractivity contribution in [3.05, 3.63) is 82.4 Å². The van der Waals surface area contributed by atoms with Crippen LogP contribution in [-0.4, -0.2) is 44.5 Å². The van der Waals surface area contributed by atoms with Gasteiger partial charge in [-0.05, 0) is 30.3 Å². The molecular weight excluding hydrogens is 476 g/mol. The van der Waals surface area contributed by atoms with Crippen LogP contribution in [-0.2, 0) is 9.53 Å². The van der Waals surface area contributed by atoms with Gasteiger partial charge >= 0.3 is 5.97 Å². The first-order valence-electron chi connectivity index (χ1n) is 10.3. The maximum absolute atomic E-state index is 12.7. The van der Waals surface area contributed by atoms with E-state index in [0.717, 1.165) is 4.90 Å². The number of methoxy groups -OCH3 is 2. The Hall–Kier alpha value is -4.37. The summed E-state index contributed by atoms with van der Waals surface area (Å²) in [4.78, 5) is 51.3. The molecule has 0 aliphatic carbocycles. The van der Waals surface area contributed by atoms with Crippen LogP contribution in [0.3, 0.4) is 0 Å². The quantitative estimate of drug-likeness (QED) is 0.391. The van der Waals surface area contributed by atoms with E-state index in [2.05, 4.69) is 5.32 Å². The Morgan fingerprint density at radius 1 is 0.886 bits per heavy atom. The predicted molar refractivity (Wildman–Crippen MR) is 127 cm³/mol. The SMILES string of the molecule is COc1cc(NC(=O)COC(=O)c2cccc(N3C(=O)c4ccccc4C3=O)c2)c(OC)cc1Cl. The van der Waals surface area contributed by atoms with E-state index in [0.29, 0.717) is 16.5 Å². The van der Waals surface area contributed by atoms with E-state index in [1.807, 2.05) is 0 Å². The Morgan fingerprint density at radius 2 is 1.54 bits per heavy atom. The standard InChI is InChI=1S/C25H19ClN2O7/c1-33-20-12-19(21(34-2)11-18(20)26)27-22(29)13-35-25(32)14-6-5-7-15(10-14)28-23(30)16-8-3-4-9-17(16)24(28)31/h3-12H,13H2,1-2H3,(H,27,29). The first-order chi connectivity index (χ1) is 16.8. The van der Waals surface area contributed by atoms with Crippen molar-refractivity contribution in [1.82, 2.24) is 0 Å². The van der Waals surface area contributed by atoms with Crippen molar-refractivity contribution >= 4 is 46.7 Å². The number of hydrogen-bond acceptors (Lipinski definition) is 7. The summed E-state index contributed by atoms with van der Waals surface area (Å²) in [5, 5.41) is 2.87. The Morgan fingerprint density at radius 3 is 2.17 bits per heavy atom. The summed E-state index contributed by atoms with van der Waals surface area (Å²) in [5.74, 6) is -1.78. The average Bonchev–Trinajstić information content (AvgIpc) is 3.13. The average molecular weight is 495 g/mol. The number of anilines is 2. The molecule has 1 aliphatic rings. The van der Waals surface area contributed by atoms with Gasteiger partial charge in [0.25, 0.3) is 17.7 Å². The van der Waals surface area contributed by atoms with Gasteiger partial charge in [-0.15, -0.1) is 0 Å². The Bertz CT molecular complexity index is 1320. The minimum Gasteiger partial charge on any atom is -0.495 e. The van der Waals surface area contributed by atoms with Crippen molar-refractivity contribution in [2.24, 2.45) is 0 Å². The highest BCUT2D eigenvalue weighted by atomic mass is 35.5. The number of esters is 1. The van der Waals surface area contributed by atoms with E-state index < -0.39 is 30.3 Å². The molecule has 10 heteroatoms. The Labute approximate surface area is 205 Å². The number of carbonyl (C=O) groups is 4. The van der Waals surface area contributed by atoms with Crippen molar-refractivity contribution in [3.63, 3.8) is 0 Å². The summed E-state index contributed by atoms with van der Waals surface area (Å²) in [6.07, 6.45) is 0. The van der Waals surface area contributed by atoms with E-state index in [-0.39, 0.29) is 28.1 Å². The summed E-state index contributed by atoms with van der Waals surface area (Å²) < 4.78 is 15.4. The maximum Gasteiger partial charge on any atom is 0.338 e. The molecule has 3 aromatic rings. The number of imide groups is 1. The first-order valence-corrected chi connectivity index (χ1v) is 10.7. The minimum atomic E-state index is -0.806. The third kappa shape index (κ3) is 4.67. The van der Waals surface area contributed by atoms with Crippen LogP contribution in [0.4, 0.5) is 11.4 Å². The number of benzene rings is 3. The van der Waals surface area contributed by atoms with Gasteiger partial charge in [-0.1, -0.05) is 29.8 Å². The fourth-order valence-corrected chi connectivity index (χ4v) is 3.79. The molecule has 0 spiro atoms. The molecule has 35 heavy (non-hydrogen) atoms. The molecule has 0 fully saturated rings. The van der Waals surface area contributed by atoms with Gasteiger partial charge in [0.15, 0.2) is 6.61 Å². The smallest absolute Gasteiger partial charge is 0.338 e. The normalized spacial score (nSPS) is 12.3. The van der Waals surface area contributed by atoms with Gasteiger partial charge in [-0.25, -0.2) is 9.69 Å². The fraction of sp³-hybridized carbons (Fsp3) is 0.120. The maximum atomic E-state index is 12.7. The number of halogens is 1. The molecular formula is C25H19ClN2O7. The lowest BCUT2D eigenvalue weighted by atomic mass is 10.1. The summed E-state index contributed by atoms with van der Waals surface area (Å²) >= 11 is 6.06. The van der Waals surface area contributed by atoms with Crippen LogP contribution >= 0.6 is 11.6 Å². The predicted octanol–water partition coefficient (Wildman–Crippen LogP) is 3.95. The highest BCUT2D eigenvalue weighted by Crippen LogP contribution is 2.36. The first kappa shape index (κ1) is 23.8. The molecule has 0 atom stereocenters. The molecule has 0 saturated heterocycles. The molecule has 1 aliphatic heterocycles. The largest absolute Gasteiger partial charge is 0.495 e. The number of amides is 3. The van der Waals surface area contributed by atoms with E-state index in [9.17, 15) is 19.2 Å². The third-order valence-electron chi connectivity index (χ3n) is 5.22. The molecule has 1 heterocycles. The molecule has 0 saturated carbocycles. The van der Waals surface area contributed by atoms with Crippen molar-refractivity contribution in [3.8, 4) is 11.5 Å². The minimum absolute atomic E-state index is 0.0672. The summed E-state index contributed by atoms with van der Waals surface area (Å²) in [6, 6.07) is 15.3. The fourth-order valence-electron chi connectivity index (χ4n) is 3.55. The van der Waals surface area contributed by atoms with Gasteiger partial charge < -0.3 is 19.5 Å². The van der Waals surface area contributed by atoms with E-state index in [1.165, 1.54) is 50.6 Å². The van der Waals surface area contributed by atoms with Crippen LogP contribution < -0.4 is 19.7 Å². The van der Waals surface area contributed by atoms with Crippen molar-refractivity contribution < 1.29 is 33.4 Å². The second-order valence-electron chi connectivity index (χ2n) is 7.35. The van der Waals surface area contributed by atoms with Crippen LogP contribution in [0.25, 0.3) is 0 Å². The van der Waals surface area contributed by atoms with Crippen LogP contribution in [0.5, 0.6) is 11.5 Å². The van der Waals surface area contributed by atoms with Gasteiger partial charge in [-0.3, -0.25) is 14.4 Å². The van der Waals surface area contributed by atoms with Crippen LogP contribution in [0.1, 0.15) is 31.1 Å². The summed E-state index contributed by atoms with van der Waals surface area (Å²) in [6.45, 7) is -0.593. The van der Waals surface area contributed by atoms with E-state index in [1.54, 1.807) is 24.3 Å². The summed E-state index contributed by atoms with van der Waals surface area (Å²) in [5.41, 5.74) is 1.14. The van der Waals surface area contributed by atoms with Gasteiger partial charge in [0.1, 0.15) is 11.5 Å². The molecule has 4 rings (SSSR count). The zero-order valence-corrected chi connectivity index (χ0v) is 19.4. The summed E-state index contributed by atoms with van der Waals surface area (Å²) in [7, 11) is 2.84. The number of rotatable bonds is 7. The highest BCUT2D eigenvalue weighted by Gasteiger charge is 2.36. The highest BCUT2D eigenvalue weighted by molar-refractivity contribution is 6.34. The van der Waals surface area contributed by atoms with Crippen molar-refractivity contribution in [2.45, 2.75) is 0 Å². The number of hydrogen-bond donors (Lipinski definition) is 1. The monoisotopic (exact) mass is 494 g/mol. The molecule has 1 N–H and O–H groups in total. The number of carbonyl (C=O) groups excluding carboxylic acids is 4. The van der Waals surface area contributed by atoms with Crippen LogP contribution in [0, 0.1) is 0 Å². The topological polar surface area (TPSA) is 111 Å². The Balaban J connectivity index is 1.44. The number of nitrogens with zero attached hydrogens (tertiary/aromatic N) is 1. The molecule has 3 aromatic carbocycles. The Kier molecular flexibility index (Phi) is 6.70. The van der Waals surface area contributed by atoms with Crippen LogP contribution in [0.15, 0.2) is 60.7 Å². The molecule has 0 radical (unpaired) electrons. The van der Waals surface area contributed by atoms with Gasteiger partial charge in [-0.2, -0.15) is 0 Å². The number of fused-ring (bicyclic) bond motifs is 1. The lowest BCUT2D eigenvalue weighted by Gasteiger charge is -2.15. The van der Waals surface area contributed by atoms with Crippen LogP contribution in [0.2, 0.25) is 5.02 Å². The second kappa shape index (κ2) is 9.86.